The number of hydrogen-bond acceptors (Lipinski definition) is 4. The zero-order chi connectivity index (χ0) is 16.5. The summed E-state index contributed by atoms with van der Waals surface area (Å²) in [7, 11) is 0. The van der Waals surface area contributed by atoms with Crippen LogP contribution in [0.25, 0.3) is 0 Å². The lowest BCUT2D eigenvalue weighted by Crippen LogP contribution is -2.59. The molecule has 6 heteroatoms. The van der Waals surface area contributed by atoms with E-state index < -0.39 is 17.7 Å². The first-order chi connectivity index (χ1) is 10.2. The Balaban J connectivity index is 2.30. The molecule has 1 unspecified atom stereocenters. The Hall–Kier alpha value is -1.84. The van der Waals surface area contributed by atoms with Gasteiger partial charge in [-0.1, -0.05) is 0 Å². The summed E-state index contributed by atoms with van der Waals surface area (Å²) in [6, 6.07) is 6.91. The number of aliphatic hydroxyl groups excluding tert-OH is 1. The first-order valence-corrected chi connectivity index (χ1v) is 7.63. The summed E-state index contributed by atoms with van der Waals surface area (Å²) in [4.78, 5) is 0. The van der Waals surface area contributed by atoms with Crippen LogP contribution in [-0.4, -0.2) is 27.9 Å². The number of benzene rings is 1. The Kier molecular flexibility index (Phi) is 4.59. The summed E-state index contributed by atoms with van der Waals surface area (Å²) in [5, 5.41) is 26.4. The number of thiocarbonyl (C=S) groups is 1. The molecule has 5 nitrogen and oxygen atoms in total. The Morgan fingerprint density at radius 3 is 2.73 bits per heavy atom. The zero-order valence-electron chi connectivity index (χ0n) is 13.2. The molecule has 1 aliphatic heterocycles. The molecule has 0 aliphatic carbocycles. The highest BCUT2D eigenvalue weighted by Crippen LogP contribution is 2.40. The number of nitrogens with one attached hydrogen (secondary N) is 2. The van der Waals surface area contributed by atoms with E-state index in [1.54, 1.807) is 18.2 Å². The summed E-state index contributed by atoms with van der Waals surface area (Å²) >= 11 is 5.27. The van der Waals surface area contributed by atoms with Crippen LogP contribution in [0.1, 0.15) is 44.9 Å². The van der Waals surface area contributed by atoms with Crippen molar-refractivity contribution in [3.8, 4) is 11.8 Å². The predicted molar refractivity (Wildman–Crippen MR) is 88.6 cm³/mol. The quantitative estimate of drug-likeness (QED) is 0.724. The first-order valence-electron chi connectivity index (χ1n) is 7.22. The summed E-state index contributed by atoms with van der Waals surface area (Å²) in [5.41, 5.74) is 0.439. The van der Waals surface area contributed by atoms with Crippen LogP contribution < -0.4 is 15.4 Å². The fourth-order valence-electron chi connectivity index (χ4n) is 2.55. The number of aliphatic hydroxyl groups is 1. The molecule has 0 saturated heterocycles. The second-order valence-electron chi connectivity index (χ2n) is 6.26. The third-order valence-corrected chi connectivity index (χ3v) is 3.84. The van der Waals surface area contributed by atoms with Crippen LogP contribution in [-0.2, 0) is 0 Å². The number of ether oxygens (including phenoxy) is 1. The molecular formula is C16H21N3O2S. The molecule has 0 amide bonds. The van der Waals surface area contributed by atoms with Crippen LogP contribution in [0.5, 0.6) is 5.75 Å². The summed E-state index contributed by atoms with van der Waals surface area (Å²) < 4.78 is 5.99. The van der Waals surface area contributed by atoms with Gasteiger partial charge in [-0.25, -0.2) is 0 Å². The van der Waals surface area contributed by atoms with Gasteiger partial charge in [0.15, 0.2) is 5.11 Å². The third kappa shape index (κ3) is 3.32. The van der Waals surface area contributed by atoms with E-state index >= 15 is 0 Å². The van der Waals surface area contributed by atoms with Crippen molar-refractivity contribution in [3.63, 3.8) is 0 Å². The molecule has 0 saturated carbocycles. The standard InChI is InChI=1S/C16H21N3O2S/c1-9(2)18-15(22)19-14-13(20)11-7-10(8-17)5-6-12(11)21-16(14,3)4/h5-7,9,13-14,20H,1-4H3,(H2,18,19,22)/t13?,14-/m1/s1. The van der Waals surface area contributed by atoms with Crippen LogP contribution in [0.15, 0.2) is 18.2 Å². The van der Waals surface area contributed by atoms with Gasteiger partial charge >= 0.3 is 0 Å². The summed E-state index contributed by atoms with van der Waals surface area (Å²) in [6.07, 6.45) is -0.820. The van der Waals surface area contributed by atoms with Crippen LogP contribution >= 0.6 is 12.2 Å². The van der Waals surface area contributed by atoms with Crippen molar-refractivity contribution in [1.82, 2.24) is 10.6 Å². The van der Waals surface area contributed by atoms with E-state index in [1.165, 1.54) is 0 Å². The van der Waals surface area contributed by atoms with Gasteiger partial charge in [-0.2, -0.15) is 5.26 Å². The van der Waals surface area contributed by atoms with Gasteiger partial charge in [0.1, 0.15) is 17.5 Å². The molecule has 0 fully saturated rings. The number of nitrogens with zero attached hydrogens (tertiary/aromatic N) is 1. The number of rotatable bonds is 2. The molecule has 2 atom stereocenters. The van der Waals surface area contributed by atoms with Crippen LogP contribution in [0, 0.1) is 11.3 Å². The predicted octanol–water partition coefficient (Wildman–Crippen LogP) is 2.00. The lowest BCUT2D eigenvalue weighted by Gasteiger charge is -2.43. The fraction of sp³-hybridized carbons (Fsp3) is 0.500. The van der Waals surface area contributed by atoms with E-state index in [0.29, 0.717) is 22.0 Å². The molecule has 1 aromatic rings. The Labute approximate surface area is 136 Å². The van der Waals surface area contributed by atoms with E-state index in [0.717, 1.165) is 0 Å². The minimum Gasteiger partial charge on any atom is -0.485 e. The van der Waals surface area contributed by atoms with Crippen molar-refractivity contribution in [2.45, 2.75) is 51.5 Å². The van der Waals surface area contributed by atoms with Gasteiger partial charge in [-0.3, -0.25) is 0 Å². The van der Waals surface area contributed by atoms with Crippen molar-refractivity contribution in [1.29, 1.82) is 5.26 Å². The number of fused-ring (bicyclic) bond motifs is 1. The molecule has 1 aromatic carbocycles. The lowest BCUT2D eigenvalue weighted by molar-refractivity contribution is -0.0202. The molecule has 22 heavy (non-hydrogen) atoms. The maximum Gasteiger partial charge on any atom is 0.166 e. The lowest BCUT2D eigenvalue weighted by atomic mass is 9.85. The largest absolute Gasteiger partial charge is 0.485 e. The number of nitriles is 1. The van der Waals surface area contributed by atoms with Gasteiger partial charge < -0.3 is 20.5 Å². The molecule has 1 heterocycles. The van der Waals surface area contributed by atoms with Gasteiger partial charge in [0, 0.05) is 11.6 Å². The van der Waals surface area contributed by atoms with E-state index in [4.69, 9.17) is 22.2 Å². The third-order valence-electron chi connectivity index (χ3n) is 3.60. The maximum atomic E-state index is 10.7. The Morgan fingerprint density at radius 1 is 1.45 bits per heavy atom. The number of hydrogen-bond donors (Lipinski definition) is 3. The van der Waals surface area contributed by atoms with Crippen molar-refractivity contribution >= 4 is 17.3 Å². The van der Waals surface area contributed by atoms with Crippen molar-refractivity contribution in [2.75, 3.05) is 0 Å². The average Bonchev–Trinajstić information content (AvgIpc) is 2.42. The van der Waals surface area contributed by atoms with Gasteiger partial charge in [0.25, 0.3) is 0 Å². The van der Waals surface area contributed by atoms with Gasteiger partial charge in [-0.05, 0) is 58.1 Å². The topological polar surface area (TPSA) is 77.3 Å². The molecular weight excluding hydrogens is 298 g/mol. The van der Waals surface area contributed by atoms with Gasteiger partial charge in [0.2, 0.25) is 0 Å². The van der Waals surface area contributed by atoms with Crippen molar-refractivity contribution in [2.24, 2.45) is 0 Å². The monoisotopic (exact) mass is 319 g/mol. The first kappa shape index (κ1) is 16.5. The highest BCUT2D eigenvalue weighted by atomic mass is 32.1. The minimum absolute atomic E-state index is 0.197. The molecule has 1 aliphatic rings. The molecule has 0 bridgehead atoms. The van der Waals surface area contributed by atoms with Crippen molar-refractivity contribution in [3.05, 3.63) is 29.3 Å². The van der Waals surface area contributed by atoms with Gasteiger partial charge in [0.05, 0.1) is 17.7 Å². The Bertz CT molecular complexity index is 622. The molecule has 2 rings (SSSR count). The second-order valence-corrected chi connectivity index (χ2v) is 6.67. The highest BCUT2D eigenvalue weighted by Gasteiger charge is 2.43. The average molecular weight is 319 g/mol. The highest BCUT2D eigenvalue weighted by molar-refractivity contribution is 7.80. The normalized spacial score (nSPS) is 22.2. The molecule has 0 spiro atoms. The van der Waals surface area contributed by atoms with Gasteiger partial charge in [-0.15, -0.1) is 0 Å². The second kappa shape index (κ2) is 6.11. The van der Waals surface area contributed by atoms with Crippen molar-refractivity contribution < 1.29 is 9.84 Å². The maximum absolute atomic E-state index is 10.7. The molecule has 3 N–H and O–H groups in total. The molecule has 118 valence electrons. The molecule has 0 aromatic heterocycles. The summed E-state index contributed by atoms with van der Waals surface area (Å²) in [5.74, 6) is 0.595. The van der Waals surface area contributed by atoms with Crippen LogP contribution in [0.2, 0.25) is 0 Å². The SMILES string of the molecule is CC(C)NC(=S)N[C@@H]1C(O)c2cc(C#N)ccc2OC1(C)C. The minimum atomic E-state index is -0.820. The van der Waals surface area contributed by atoms with Crippen LogP contribution in [0.4, 0.5) is 0 Å². The Morgan fingerprint density at radius 2 is 2.14 bits per heavy atom. The summed E-state index contributed by atoms with van der Waals surface area (Å²) in [6.45, 7) is 7.77. The zero-order valence-corrected chi connectivity index (χ0v) is 14.0. The molecule has 0 radical (unpaired) electrons. The van der Waals surface area contributed by atoms with Crippen LogP contribution in [0.3, 0.4) is 0 Å². The van der Waals surface area contributed by atoms with E-state index in [2.05, 4.69) is 16.7 Å². The van der Waals surface area contributed by atoms with E-state index in [9.17, 15) is 5.11 Å². The van der Waals surface area contributed by atoms with E-state index in [-0.39, 0.29) is 6.04 Å². The fourth-order valence-corrected chi connectivity index (χ4v) is 2.91. The smallest absolute Gasteiger partial charge is 0.166 e. The van der Waals surface area contributed by atoms with E-state index in [1.807, 2.05) is 27.7 Å².